The molecule has 0 bridgehead atoms. The molecule has 27 heavy (non-hydrogen) atoms. The van der Waals surface area contributed by atoms with E-state index in [-0.39, 0.29) is 22.3 Å². The zero-order valence-corrected chi connectivity index (χ0v) is 15.1. The summed E-state index contributed by atoms with van der Waals surface area (Å²) < 4.78 is 38.0. The van der Waals surface area contributed by atoms with Gasteiger partial charge in [0.1, 0.15) is 0 Å². The largest absolute Gasteiger partial charge is 0.417 e. The first kappa shape index (κ1) is 19.3. The average Bonchev–Trinajstić information content (AvgIpc) is 2.66. The number of benzene rings is 1. The van der Waals surface area contributed by atoms with Crippen LogP contribution in [0.4, 0.5) is 13.2 Å². The number of aromatic nitrogens is 3. The highest BCUT2D eigenvalue weighted by Gasteiger charge is 2.31. The zero-order valence-electron chi connectivity index (χ0n) is 13.6. The molecule has 1 aromatic carbocycles. The molecular formula is C18H11ClF3N3OS. The average molecular weight is 410 g/mol. The van der Waals surface area contributed by atoms with Gasteiger partial charge in [-0.25, -0.2) is 9.97 Å². The topological polar surface area (TPSA) is 55.7 Å². The van der Waals surface area contributed by atoms with Gasteiger partial charge in [0.05, 0.1) is 22.0 Å². The first-order valence-corrected chi connectivity index (χ1v) is 8.97. The van der Waals surface area contributed by atoms with Crippen LogP contribution in [0.5, 0.6) is 0 Å². The van der Waals surface area contributed by atoms with Crippen LogP contribution >= 0.6 is 23.4 Å². The van der Waals surface area contributed by atoms with Crippen molar-refractivity contribution < 1.29 is 18.0 Å². The van der Waals surface area contributed by atoms with Gasteiger partial charge in [0.2, 0.25) is 0 Å². The van der Waals surface area contributed by atoms with Crippen LogP contribution in [0.1, 0.15) is 15.9 Å². The lowest BCUT2D eigenvalue weighted by Crippen LogP contribution is -2.06. The summed E-state index contributed by atoms with van der Waals surface area (Å²) in [5, 5.41) is 0.221. The van der Waals surface area contributed by atoms with Crippen LogP contribution in [-0.4, -0.2) is 26.5 Å². The van der Waals surface area contributed by atoms with E-state index in [1.165, 1.54) is 12.4 Å². The number of Topliss-reactive ketones (excluding diaryl/α,β-unsaturated/α-hetero) is 1. The van der Waals surface area contributed by atoms with Crippen molar-refractivity contribution in [2.45, 2.75) is 11.3 Å². The van der Waals surface area contributed by atoms with Gasteiger partial charge in [-0.2, -0.15) is 13.2 Å². The SMILES string of the molecule is O=C(CSc1ncc(-c2ncc(C(F)(F)F)cc2Cl)cn1)c1ccccc1. The Kier molecular flexibility index (Phi) is 5.76. The van der Waals surface area contributed by atoms with Gasteiger partial charge >= 0.3 is 6.18 Å². The van der Waals surface area contributed by atoms with Crippen molar-refractivity contribution in [3.05, 3.63) is 71.1 Å². The summed E-state index contributed by atoms with van der Waals surface area (Å²) in [6, 6.07) is 9.65. The fourth-order valence-corrected chi connectivity index (χ4v) is 3.11. The number of pyridine rings is 1. The van der Waals surface area contributed by atoms with Gasteiger partial charge < -0.3 is 0 Å². The van der Waals surface area contributed by atoms with Crippen LogP contribution in [-0.2, 0) is 6.18 Å². The fraction of sp³-hybridized carbons (Fsp3) is 0.111. The lowest BCUT2D eigenvalue weighted by Gasteiger charge is -2.09. The summed E-state index contributed by atoms with van der Waals surface area (Å²) in [6.07, 6.45) is -0.993. The summed E-state index contributed by atoms with van der Waals surface area (Å²) in [5.74, 6) is 0.114. The Bertz CT molecular complexity index is 950. The van der Waals surface area contributed by atoms with E-state index in [9.17, 15) is 18.0 Å². The molecule has 0 N–H and O–H groups in total. The van der Waals surface area contributed by atoms with E-state index < -0.39 is 11.7 Å². The Balaban J connectivity index is 1.69. The smallest absolute Gasteiger partial charge is 0.293 e. The number of carbonyl (C=O) groups excluding carboxylic acids is 1. The molecule has 9 heteroatoms. The number of ketones is 1. The molecule has 0 amide bonds. The fourth-order valence-electron chi connectivity index (χ4n) is 2.16. The van der Waals surface area contributed by atoms with Gasteiger partial charge in [0, 0.05) is 29.7 Å². The summed E-state index contributed by atoms with van der Waals surface area (Å²) in [5.41, 5.74) is 0.208. The normalized spacial score (nSPS) is 11.4. The summed E-state index contributed by atoms with van der Waals surface area (Å²) >= 11 is 7.08. The molecular weight excluding hydrogens is 399 g/mol. The van der Waals surface area contributed by atoms with Gasteiger partial charge in [-0.05, 0) is 6.07 Å². The van der Waals surface area contributed by atoms with Crippen LogP contribution in [0.2, 0.25) is 5.02 Å². The molecule has 0 saturated carbocycles. The number of hydrogen-bond acceptors (Lipinski definition) is 5. The summed E-state index contributed by atoms with van der Waals surface area (Å²) in [7, 11) is 0. The van der Waals surface area contributed by atoms with Crippen molar-refractivity contribution in [3.8, 4) is 11.3 Å². The van der Waals surface area contributed by atoms with Crippen LogP contribution in [0.15, 0.2) is 60.1 Å². The van der Waals surface area contributed by atoms with E-state index in [2.05, 4.69) is 15.0 Å². The maximum absolute atomic E-state index is 12.7. The molecule has 0 aliphatic rings. The monoisotopic (exact) mass is 409 g/mol. The molecule has 0 spiro atoms. The van der Waals surface area contributed by atoms with E-state index >= 15 is 0 Å². The molecule has 3 rings (SSSR count). The highest BCUT2D eigenvalue weighted by atomic mass is 35.5. The zero-order chi connectivity index (χ0) is 19.4. The molecule has 0 aliphatic heterocycles. The number of carbonyl (C=O) groups is 1. The van der Waals surface area contributed by atoms with E-state index in [1.807, 2.05) is 6.07 Å². The third kappa shape index (κ3) is 4.84. The van der Waals surface area contributed by atoms with E-state index in [0.717, 1.165) is 17.8 Å². The predicted molar refractivity (Wildman–Crippen MR) is 96.8 cm³/mol. The Morgan fingerprint density at radius 1 is 1.04 bits per heavy atom. The minimum Gasteiger partial charge on any atom is -0.293 e. The number of halogens is 4. The number of rotatable bonds is 5. The summed E-state index contributed by atoms with van der Waals surface area (Å²) in [4.78, 5) is 24.1. The lowest BCUT2D eigenvalue weighted by atomic mass is 10.2. The molecule has 138 valence electrons. The predicted octanol–water partition coefficient (Wildman–Crippen LogP) is 5.19. The molecule has 4 nitrogen and oxygen atoms in total. The maximum atomic E-state index is 12.7. The Labute approximate surface area is 161 Å². The molecule has 0 atom stereocenters. The third-order valence-corrected chi connectivity index (χ3v) is 4.66. The van der Waals surface area contributed by atoms with Gasteiger partial charge in [-0.1, -0.05) is 53.7 Å². The minimum absolute atomic E-state index is 0.0549. The van der Waals surface area contributed by atoms with Crippen LogP contribution < -0.4 is 0 Å². The highest BCUT2D eigenvalue weighted by molar-refractivity contribution is 7.99. The second-order valence-electron chi connectivity index (χ2n) is 5.38. The van der Waals surface area contributed by atoms with Crippen LogP contribution in [0.3, 0.4) is 0 Å². The molecule has 3 aromatic rings. The number of thioether (sulfide) groups is 1. The second kappa shape index (κ2) is 8.06. The van der Waals surface area contributed by atoms with E-state index in [0.29, 0.717) is 22.5 Å². The van der Waals surface area contributed by atoms with Crippen molar-refractivity contribution in [3.63, 3.8) is 0 Å². The molecule has 0 aliphatic carbocycles. The minimum atomic E-state index is -4.52. The van der Waals surface area contributed by atoms with Gasteiger partial charge in [-0.15, -0.1) is 0 Å². The van der Waals surface area contributed by atoms with E-state index in [4.69, 9.17) is 11.6 Å². The van der Waals surface area contributed by atoms with E-state index in [1.54, 1.807) is 24.3 Å². The van der Waals surface area contributed by atoms with Crippen molar-refractivity contribution in [2.24, 2.45) is 0 Å². The second-order valence-corrected chi connectivity index (χ2v) is 6.73. The van der Waals surface area contributed by atoms with Gasteiger partial charge in [0.15, 0.2) is 10.9 Å². The summed E-state index contributed by atoms with van der Waals surface area (Å²) in [6.45, 7) is 0. The van der Waals surface area contributed by atoms with Crippen LogP contribution in [0.25, 0.3) is 11.3 Å². The Hall–Kier alpha value is -2.45. The Morgan fingerprint density at radius 2 is 1.70 bits per heavy atom. The van der Waals surface area contributed by atoms with Crippen molar-refractivity contribution in [1.82, 2.24) is 15.0 Å². The first-order valence-electron chi connectivity index (χ1n) is 7.61. The lowest BCUT2D eigenvalue weighted by molar-refractivity contribution is -0.137. The number of nitrogens with zero attached hydrogens (tertiary/aromatic N) is 3. The molecule has 0 radical (unpaired) electrons. The first-order chi connectivity index (χ1) is 12.8. The Morgan fingerprint density at radius 3 is 2.30 bits per heavy atom. The highest BCUT2D eigenvalue weighted by Crippen LogP contribution is 2.33. The number of hydrogen-bond donors (Lipinski definition) is 0. The van der Waals surface area contributed by atoms with Crippen molar-refractivity contribution in [2.75, 3.05) is 5.75 Å². The van der Waals surface area contributed by atoms with Crippen LogP contribution in [0, 0.1) is 0 Å². The number of alkyl halides is 3. The molecule has 0 fully saturated rings. The van der Waals surface area contributed by atoms with Gasteiger partial charge in [0.25, 0.3) is 0 Å². The molecule has 0 saturated heterocycles. The maximum Gasteiger partial charge on any atom is 0.417 e. The molecule has 0 unspecified atom stereocenters. The third-order valence-electron chi connectivity index (χ3n) is 3.50. The standard InChI is InChI=1S/C18H11ClF3N3OS/c19-14-6-13(18(20,21)22)9-23-16(14)12-7-24-17(25-8-12)27-10-15(26)11-4-2-1-3-5-11/h1-9H,10H2. The van der Waals surface area contributed by atoms with Gasteiger partial charge in [-0.3, -0.25) is 9.78 Å². The van der Waals surface area contributed by atoms with Crippen molar-refractivity contribution >= 4 is 29.1 Å². The molecule has 2 heterocycles. The quantitative estimate of drug-likeness (QED) is 0.330. The van der Waals surface area contributed by atoms with Crippen molar-refractivity contribution in [1.29, 1.82) is 0 Å². The molecule has 2 aromatic heterocycles.